The highest BCUT2D eigenvalue weighted by molar-refractivity contribution is 5.28. The summed E-state index contributed by atoms with van der Waals surface area (Å²) in [6, 6.07) is 3.88. The van der Waals surface area contributed by atoms with Crippen molar-refractivity contribution in [2.45, 2.75) is 51.7 Å². The maximum atomic E-state index is 6.00. The van der Waals surface area contributed by atoms with Crippen molar-refractivity contribution in [2.24, 2.45) is 11.7 Å². The van der Waals surface area contributed by atoms with E-state index in [4.69, 9.17) is 10.5 Å². The average molecular weight is 234 g/mol. The number of hydrogen-bond donors (Lipinski definition) is 1. The van der Waals surface area contributed by atoms with Gasteiger partial charge in [-0.15, -0.1) is 0 Å². The normalized spacial score (nSPS) is 26.5. The lowest BCUT2D eigenvalue weighted by Gasteiger charge is -2.27. The fraction of sp³-hybridized carbons (Fsp3) is 0.643. The summed E-state index contributed by atoms with van der Waals surface area (Å²) < 4.78 is 6.00. The maximum absolute atomic E-state index is 6.00. The molecule has 1 fully saturated rings. The first-order valence-electron chi connectivity index (χ1n) is 6.54. The van der Waals surface area contributed by atoms with Crippen LogP contribution in [0.25, 0.3) is 0 Å². The summed E-state index contributed by atoms with van der Waals surface area (Å²) in [6.07, 6.45) is 6.87. The quantitative estimate of drug-likeness (QED) is 0.874. The van der Waals surface area contributed by atoms with Crippen LogP contribution >= 0.6 is 0 Å². The molecule has 1 aliphatic rings. The average Bonchev–Trinajstić information content (AvgIpc) is 2.32. The third kappa shape index (κ3) is 3.19. The zero-order valence-corrected chi connectivity index (χ0v) is 10.7. The number of rotatable bonds is 3. The van der Waals surface area contributed by atoms with E-state index in [0.29, 0.717) is 6.10 Å². The molecular formula is C14H22N2O. The van der Waals surface area contributed by atoms with Crippen LogP contribution in [0.3, 0.4) is 0 Å². The van der Waals surface area contributed by atoms with Crippen molar-refractivity contribution in [3.8, 4) is 5.88 Å². The van der Waals surface area contributed by atoms with Crippen LogP contribution in [-0.2, 0) is 0 Å². The van der Waals surface area contributed by atoms with Gasteiger partial charge in [0.05, 0.1) is 0 Å². The second kappa shape index (κ2) is 5.50. The molecule has 0 bridgehead atoms. The smallest absolute Gasteiger partial charge is 0.218 e. The predicted molar refractivity (Wildman–Crippen MR) is 68.9 cm³/mol. The Hall–Kier alpha value is -1.09. The van der Waals surface area contributed by atoms with Gasteiger partial charge in [-0.3, -0.25) is 0 Å². The van der Waals surface area contributed by atoms with Gasteiger partial charge in [0.1, 0.15) is 6.10 Å². The van der Waals surface area contributed by atoms with Crippen molar-refractivity contribution in [1.29, 1.82) is 0 Å². The van der Waals surface area contributed by atoms with Gasteiger partial charge in [-0.05, 0) is 44.6 Å². The molecule has 0 saturated heterocycles. The molecule has 3 heteroatoms. The fourth-order valence-electron chi connectivity index (χ4n) is 2.35. The number of nitrogens with zero attached hydrogens (tertiary/aromatic N) is 1. The third-order valence-electron chi connectivity index (χ3n) is 3.53. The van der Waals surface area contributed by atoms with Gasteiger partial charge < -0.3 is 10.5 Å². The van der Waals surface area contributed by atoms with Gasteiger partial charge in [-0.1, -0.05) is 13.0 Å². The molecule has 2 N–H and O–H groups in total. The SMILES string of the molecule is CC1CCC(Oc2ncccc2[C@@H](C)N)CC1. The minimum absolute atomic E-state index is 0.0267. The van der Waals surface area contributed by atoms with Crippen molar-refractivity contribution in [1.82, 2.24) is 4.98 Å². The first kappa shape index (κ1) is 12.4. The molecule has 1 aromatic heterocycles. The van der Waals surface area contributed by atoms with Crippen LogP contribution in [0.1, 0.15) is 51.1 Å². The Balaban J connectivity index is 2.03. The van der Waals surface area contributed by atoms with E-state index < -0.39 is 0 Å². The number of pyridine rings is 1. The number of nitrogens with two attached hydrogens (primary N) is 1. The van der Waals surface area contributed by atoms with Gasteiger partial charge >= 0.3 is 0 Å². The first-order chi connectivity index (χ1) is 8.16. The Kier molecular flexibility index (Phi) is 4.00. The van der Waals surface area contributed by atoms with Gasteiger partial charge in [0.2, 0.25) is 5.88 Å². The monoisotopic (exact) mass is 234 g/mol. The molecule has 1 heterocycles. The van der Waals surface area contributed by atoms with Gasteiger partial charge in [0, 0.05) is 17.8 Å². The second-order valence-electron chi connectivity index (χ2n) is 5.19. The van der Waals surface area contributed by atoms with E-state index in [2.05, 4.69) is 11.9 Å². The molecule has 1 atom stereocenters. The minimum Gasteiger partial charge on any atom is -0.474 e. The lowest BCUT2D eigenvalue weighted by Crippen LogP contribution is -2.24. The van der Waals surface area contributed by atoms with Crippen LogP contribution in [0.2, 0.25) is 0 Å². The van der Waals surface area contributed by atoms with E-state index in [-0.39, 0.29) is 6.04 Å². The molecule has 0 spiro atoms. The molecule has 1 aromatic rings. The Bertz CT molecular complexity index is 357. The molecule has 0 unspecified atom stereocenters. The molecule has 3 nitrogen and oxygen atoms in total. The van der Waals surface area contributed by atoms with Crippen LogP contribution in [0.15, 0.2) is 18.3 Å². The molecule has 0 aliphatic heterocycles. The van der Waals surface area contributed by atoms with E-state index in [9.17, 15) is 0 Å². The van der Waals surface area contributed by atoms with Crippen LogP contribution in [0.4, 0.5) is 0 Å². The zero-order valence-electron chi connectivity index (χ0n) is 10.7. The standard InChI is InChI=1S/C14H22N2O/c1-10-5-7-12(8-6-10)17-14-13(11(2)15)4-3-9-16-14/h3-4,9-12H,5-8,15H2,1-2H3/t10?,11-,12?/m1/s1. The number of hydrogen-bond acceptors (Lipinski definition) is 3. The Morgan fingerprint density at radius 3 is 2.71 bits per heavy atom. The van der Waals surface area contributed by atoms with Crippen molar-refractivity contribution in [3.63, 3.8) is 0 Å². The molecule has 94 valence electrons. The second-order valence-corrected chi connectivity index (χ2v) is 5.19. The molecule has 0 radical (unpaired) electrons. The number of aromatic nitrogens is 1. The Labute approximate surface area is 103 Å². The lowest BCUT2D eigenvalue weighted by molar-refractivity contribution is 0.128. The van der Waals surface area contributed by atoms with Gasteiger partial charge in [-0.2, -0.15) is 0 Å². The van der Waals surface area contributed by atoms with Gasteiger partial charge in [0.25, 0.3) is 0 Å². The van der Waals surface area contributed by atoms with Crippen LogP contribution in [-0.4, -0.2) is 11.1 Å². The molecule has 1 saturated carbocycles. The van der Waals surface area contributed by atoms with Crippen molar-refractivity contribution < 1.29 is 4.74 Å². The summed E-state index contributed by atoms with van der Waals surface area (Å²) in [4.78, 5) is 4.31. The minimum atomic E-state index is -0.0267. The largest absolute Gasteiger partial charge is 0.474 e. The highest BCUT2D eigenvalue weighted by atomic mass is 16.5. The lowest BCUT2D eigenvalue weighted by atomic mass is 9.89. The predicted octanol–water partition coefficient (Wildman–Crippen LogP) is 3.06. The van der Waals surface area contributed by atoms with Gasteiger partial charge in [-0.25, -0.2) is 4.98 Å². The van der Waals surface area contributed by atoms with Crippen LogP contribution in [0.5, 0.6) is 5.88 Å². The fourth-order valence-corrected chi connectivity index (χ4v) is 2.35. The Morgan fingerprint density at radius 2 is 2.06 bits per heavy atom. The molecule has 2 rings (SSSR count). The van der Waals surface area contributed by atoms with Crippen LogP contribution in [0, 0.1) is 5.92 Å². The summed E-state index contributed by atoms with van der Waals surface area (Å²) in [5, 5.41) is 0. The van der Waals surface area contributed by atoms with E-state index in [1.165, 1.54) is 12.8 Å². The van der Waals surface area contributed by atoms with Crippen molar-refractivity contribution in [2.75, 3.05) is 0 Å². The summed E-state index contributed by atoms with van der Waals surface area (Å²) in [5.74, 6) is 1.56. The molecule has 0 amide bonds. The first-order valence-corrected chi connectivity index (χ1v) is 6.54. The molecular weight excluding hydrogens is 212 g/mol. The van der Waals surface area contributed by atoms with Gasteiger partial charge in [0.15, 0.2) is 0 Å². The Morgan fingerprint density at radius 1 is 1.35 bits per heavy atom. The highest BCUT2D eigenvalue weighted by Gasteiger charge is 2.21. The molecule has 17 heavy (non-hydrogen) atoms. The number of ether oxygens (including phenoxy) is 1. The van der Waals surface area contributed by atoms with E-state index >= 15 is 0 Å². The summed E-state index contributed by atoms with van der Waals surface area (Å²) in [6.45, 7) is 4.27. The van der Waals surface area contributed by atoms with E-state index in [1.807, 2.05) is 19.1 Å². The third-order valence-corrected chi connectivity index (χ3v) is 3.53. The van der Waals surface area contributed by atoms with E-state index in [1.54, 1.807) is 6.20 Å². The molecule has 0 aromatic carbocycles. The zero-order chi connectivity index (χ0) is 12.3. The van der Waals surface area contributed by atoms with Crippen molar-refractivity contribution in [3.05, 3.63) is 23.9 Å². The molecule has 1 aliphatic carbocycles. The topological polar surface area (TPSA) is 48.1 Å². The highest BCUT2D eigenvalue weighted by Crippen LogP contribution is 2.29. The summed E-state index contributed by atoms with van der Waals surface area (Å²) in [5.41, 5.74) is 6.93. The summed E-state index contributed by atoms with van der Waals surface area (Å²) in [7, 11) is 0. The maximum Gasteiger partial charge on any atom is 0.218 e. The van der Waals surface area contributed by atoms with Crippen molar-refractivity contribution >= 4 is 0 Å². The summed E-state index contributed by atoms with van der Waals surface area (Å²) >= 11 is 0. The van der Waals surface area contributed by atoms with Crippen LogP contribution < -0.4 is 10.5 Å². The van der Waals surface area contributed by atoms with E-state index in [0.717, 1.165) is 30.2 Å².